The van der Waals surface area contributed by atoms with Gasteiger partial charge in [0.25, 0.3) is 5.91 Å². The van der Waals surface area contributed by atoms with E-state index in [4.69, 9.17) is 5.73 Å². The number of carbonyl (C=O) groups excluding carboxylic acids is 1. The van der Waals surface area contributed by atoms with Crippen molar-refractivity contribution < 1.29 is 9.18 Å². The Kier molecular flexibility index (Phi) is 3.25. The first-order valence-corrected chi connectivity index (χ1v) is 6.75. The van der Waals surface area contributed by atoms with Gasteiger partial charge < -0.3 is 15.5 Å². The molecule has 3 rings (SSSR count). The lowest BCUT2D eigenvalue weighted by atomic mass is 10.1. The fourth-order valence-corrected chi connectivity index (χ4v) is 2.58. The number of likely N-dealkylation sites (N-methyl/N-ethyl adjacent to an activating group) is 1. The van der Waals surface area contributed by atoms with Crippen LogP contribution in [0.25, 0.3) is 0 Å². The van der Waals surface area contributed by atoms with E-state index in [0.717, 1.165) is 17.9 Å². The van der Waals surface area contributed by atoms with Crippen molar-refractivity contribution in [2.24, 2.45) is 0 Å². The molecule has 2 aromatic rings. The quantitative estimate of drug-likeness (QED) is 0.819. The number of nitrogens with zero attached hydrogens (tertiary/aromatic N) is 2. The molecular formula is C16H16FN3O. The Hall–Kier alpha value is -2.56. The highest BCUT2D eigenvalue weighted by atomic mass is 19.1. The number of anilines is 3. The van der Waals surface area contributed by atoms with E-state index in [0.29, 0.717) is 6.54 Å². The second-order valence-electron chi connectivity index (χ2n) is 5.10. The van der Waals surface area contributed by atoms with Crippen molar-refractivity contribution in [3.05, 3.63) is 53.8 Å². The summed E-state index contributed by atoms with van der Waals surface area (Å²) in [7, 11) is 1.98. The zero-order chi connectivity index (χ0) is 15.0. The third-order valence-electron chi connectivity index (χ3n) is 3.73. The van der Waals surface area contributed by atoms with Crippen LogP contribution in [-0.2, 0) is 0 Å². The number of rotatable bonds is 1. The maximum Gasteiger partial charge on any atom is 0.260 e. The van der Waals surface area contributed by atoms with Gasteiger partial charge in [-0.1, -0.05) is 12.1 Å². The molecule has 108 valence electrons. The number of nitrogens with two attached hydrogens (primary N) is 1. The molecular weight excluding hydrogens is 269 g/mol. The first-order valence-electron chi connectivity index (χ1n) is 6.75. The van der Waals surface area contributed by atoms with Crippen LogP contribution in [0.5, 0.6) is 0 Å². The summed E-state index contributed by atoms with van der Waals surface area (Å²) in [6.45, 7) is 1.26. The minimum atomic E-state index is -0.463. The highest BCUT2D eigenvalue weighted by Gasteiger charge is 2.26. The molecule has 1 aliphatic rings. The Morgan fingerprint density at radius 1 is 1.14 bits per heavy atom. The Balaban J connectivity index is 2.03. The summed E-state index contributed by atoms with van der Waals surface area (Å²) < 4.78 is 13.4. The molecule has 0 fully saturated rings. The summed E-state index contributed by atoms with van der Waals surface area (Å²) in [5.74, 6) is -0.734. The van der Waals surface area contributed by atoms with Crippen LogP contribution in [0.4, 0.5) is 21.5 Å². The number of nitrogen functional groups attached to an aromatic ring is 1. The molecule has 0 aromatic heterocycles. The molecule has 0 spiro atoms. The van der Waals surface area contributed by atoms with E-state index in [1.807, 2.05) is 31.3 Å². The topological polar surface area (TPSA) is 49.6 Å². The lowest BCUT2D eigenvalue weighted by molar-refractivity contribution is 0.0987. The fourth-order valence-electron chi connectivity index (χ4n) is 2.58. The van der Waals surface area contributed by atoms with Gasteiger partial charge in [-0.2, -0.15) is 0 Å². The van der Waals surface area contributed by atoms with Gasteiger partial charge in [0.2, 0.25) is 0 Å². The van der Waals surface area contributed by atoms with Gasteiger partial charge >= 0.3 is 0 Å². The second-order valence-corrected chi connectivity index (χ2v) is 5.10. The number of amides is 1. The van der Waals surface area contributed by atoms with Crippen LogP contribution in [0.1, 0.15) is 10.4 Å². The summed E-state index contributed by atoms with van der Waals surface area (Å²) in [4.78, 5) is 16.4. The van der Waals surface area contributed by atoms with E-state index in [1.165, 1.54) is 18.2 Å². The molecule has 2 N–H and O–H groups in total. The third kappa shape index (κ3) is 2.31. The first kappa shape index (κ1) is 13.4. The smallest absolute Gasteiger partial charge is 0.260 e. The maximum atomic E-state index is 13.4. The van der Waals surface area contributed by atoms with Crippen molar-refractivity contribution in [3.63, 3.8) is 0 Å². The molecule has 1 heterocycles. The van der Waals surface area contributed by atoms with Crippen LogP contribution in [0.2, 0.25) is 0 Å². The van der Waals surface area contributed by atoms with Gasteiger partial charge in [0.1, 0.15) is 5.82 Å². The van der Waals surface area contributed by atoms with E-state index in [9.17, 15) is 9.18 Å². The monoisotopic (exact) mass is 285 g/mol. The average Bonchev–Trinajstić information content (AvgIpc) is 2.50. The normalized spacial score (nSPS) is 14.0. The van der Waals surface area contributed by atoms with Gasteiger partial charge in [-0.05, 0) is 30.3 Å². The molecule has 0 saturated carbocycles. The number of halogens is 1. The molecule has 0 radical (unpaired) electrons. The molecule has 0 bridgehead atoms. The molecule has 2 aromatic carbocycles. The molecule has 4 nitrogen and oxygen atoms in total. The summed E-state index contributed by atoms with van der Waals surface area (Å²) in [5, 5.41) is 0. The Labute approximate surface area is 122 Å². The van der Waals surface area contributed by atoms with E-state index in [1.54, 1.807) is 4.90 Å². The number of fused-ring (bicyclic) bond motifs is 1. The lowest BCUT2D eigenvalue weighted by Crippen LogP contribution is -2.42. The molecule has 5 heteroatoms. The standard InChI is InChI=1S/C16H16FN3O/c1-19-8-9-20(15-5-3-2-4-14(15)19)16(21)12-10-11(17)6-7-13(12)18/h2-7,10H,8-9,18H2,1H3. The summed E-state index contributed by atoms with van der Waals surface area (Å²) in [6, 6.07) is 11.5. The molecule has 1 amide bonds. The number of para-hydroxylation sites is 2. The molecule has 0 aliphatic carbocycles. The molecule has 0 atom stereocenters. The van der Waals surface area contributed by atoms with Gasteiger partial charge in [0, 0.05) is 25.8 Å². The van der Waals surface area contributed by atoms with Crippen molar-refractivity contribution >= 4 is 23.0 Å². The molecule has 0 unspecified atom stereocenters. The molecule has 0 saturated heterocycles. The van der Waals surface area contributed by atoms with Crippen LogP contribution >= 0.6 is 0 Å². The Morgan fingerprint density at radius 3 is 2.62 bits per heavy atom. The first-order chi connectivity index (χ1) is 10.1. The van der Waals surface area contributed by atoms with Gasteiger partial charge in [0.05, 0.1) is 16.9 Å². The highest BCUT2D eigenvalue weighted by molar-refractivity contribution is 6.11. The lowest BCUT2D eigenvalue weighted by Gasteiger charge is -2.35. The number of carbonyl (C=O) groups is 1. The average molecular weight is 285 g/mol. The van der Waals surface area contributed by atoms with Crippen LogP contribution in [0.15, 0.2) is 42.5 Å². The van der Waals surface area contributed by atoms with Crippen LogP contribution < -0.4 is 15.5 Å². The van der Waals surface area contributed by atoms with E-state index >= 15 is 0 Å². The van der Waals surface area contributed by atoms with E-state index in [-0.39, 0.29) is 17.2 Å². The molecule has 21 heavy (non-hydrogen) atoms. The van der Waals surface area contributed by atoms with Gasteiger partial charge in [-0.15, -0.1) is 0 Å². The van der Waals surface area contributed by atoms with Crippen LogP contribution in [0.3, 0.4) is 0 Å². The fraction of sp³-hybridized carbons (Fsp3) is 0.188. The summed E-state index contributed by atoms with van der Waals surface area (Å²) in [5.41, 5.74) is 8.11. The zero-order valence-electron chi connectivity index (χ0n) is 11.7. The SMILES string of the molecule is CN1CCN(C(=O)c2cc(F)ccc2N)c2ccccc21. The number of hydrogen-bond acceptors (Lipinski definition) is 3. The van der Waals surface area contributed by atoms with Gasteiger partial charge in [-0.3, -0.25) is 4.79 Å². The zero-order valence-corrected chi connectivity index (χ0v) is 11.7. The Morgan fingerprint density at radius 2 is 1.86 bits per heavy atom. The highest BCUT2D eigenvalue weighted by Crippen LogP contribution is 2.33. The van der Waals surface area contributed by atoms with Crippen molar-refractivity contribution in [2.75, 3.05) is 35.7 Å². The van der Waals surface area contributed by atoms with E-state index in [2.05, 4.69) is 4.90 Å². The van der Waals surface area contributed by atoms with Gasteiger partial charge in [0.15, 0.2) is 0 Å². The van der Waals surface area contributed by atoms with Crippen molar-refractivity contribution in [1.82, 2.24) is 0 Å². The minimum absolute atomic E-state index is 0.203. The third-order valence-corrected chi connectivity index (χ3v) is 3.73. The van der Waals surface area contributed by atoms with Gasteiger partial charge in [-0.25, -0.2) is 4.39 Å². The van der Waals surface area contributed by atoms with E-state index < -0.39 is 5.82 Å². The predicted octanol–water partition coefficient (Wildman–Crippen LogP) is 2.50. The van der Waals surface area contributed by atoms with Crippen LogP contribution in [0, 0.1) is 5.82 Å². The maximum absolute atomic E-state index is 13.4. The second kappa shape index (κ2) is 5.09. The summed E-state index contributed by atoms with van der Waals surface area (Å²) >= 11 is 0. The van der Waals surface area contributed by atoms with Crippen molar-refractivity contribution in [2.45, 2.75) is 0 Å². The number of benzene rings is 2. The van der Waals surface area contributed by atoms with Crippen LogP contribution in [-0.4, -0.2) is 26.0 Å². The van der Waals surface area contributed by atoms with Crippen molar-refractivity contribution in [3.8, 4) is 0 Å². The summed E-state index contributed by atoms with van der Waals surface area (Å²) in [6.07, 6.45) is 0. The minimum Gasteiger partial charge on any atom is -0.398 e. The number of hydrogen-bond donors (Lipinski definition) is 1. The van der Waals surface area contributed by atoms with Crippen molar-refractivity contribution in [1.29, 1.82) is 0 Å². The largest absolute Gasteiger partial charge is 0.398 e. The predicted molar refractivity (Wildman–Crippen MR) is 82.2 cm³/mol. The Bertz CT molecular complexity index is 702. The molecule has 1 aliphatic heterocycles.